The zero-order valence-electron chi connectivity index (χ0n) is 10.8. The van der Waals surface area contributed by atoms with Gasteiger partial charge in [-0.3, -0.25) is 16.3 Å². The molecule has 0 aliphatic heterocycles. The van der Waals surface area contributed by atoms with Gasteiger partial charge in [0.05, 0.1) is 21.8 Å². The molecule has 0 bridgehead atoms. The van der Waals surface area contributed by atoms with Crippen LogP contribution in [0.15, 0.2) is 30.5 Å². The molecule has 3 N–H and O–H groups in total. The molecule has 0 saturated carbocycles. The van der Waals surface area contributed by atoms with Crippen molar-refractivity contribution in [2.45, 2.75) is 19.4 Å². The summed E-state index contributed by atoms with van der Waals surface area (Å²) in [6, 6.07) is 7.31. The number of nitrogens with zero attached hydrogens (tertiary/aromatic N) is 1. The van der Waals surface area contributed by atoms with Crippen molar-refractivity contribution in [3.8, 4) is 0 Å². The van der Waals surface area contributed by atoms with Gasteiger partial charge in [0.2, 0.25) is 0 Å². The van der Waals surface area contributed by atoms with Crippen molar-refractivity contribution >= 4 is 34.8 Å². The lowest BCUT2D eigenvalue weighted by Gasteiger charge is -2.17. The van der Waals surface area contributed by atoms with Crippen LogP contribution in [0.25, 0.3) is 0 Å². The Kier molecular flexibility index (Phi) is 5.24. The van der Waals surface area contributed by atoms with E-state index in [1.807, 2.05) is 25.1 Å². The van der Waals surface area contributed by atoms with Crippen molar-refractivity contribution in [3.63, 3.8) is 0 Å². The molecule has 0 aliphatic rings. The molecular weight excluding hydrogens is 317 g/mol. The minimum Gasteiger partial charge on any atom is -0.271 e. The Labute approximate surface area is 133 Å². The molecule has 6 heteroatoms. The molecule has 0 amide bonds. The largest absolute Gasteiger partial charge is 0.271 e. The Hall–Kier alpha value is -0.840. The van der Waals surface area contributed by atoms with E-state index in [2.05, 4.69) is 10.4 Å². The van der Waals surface area contributed by atoms with Crippen LogP contribution < -0.4 is 11.3 Å². The number of rotatable bonds is 4. The first kappa shape index (κ1) is 15.5. The average molecular weight is 331 g/mol. The molecule has 1 aromatic heterocycles. The standard InChI is InChI=1S/C14H14Cl3N3/c1-8-2-3-9(11(16)4-8)5-13(20-18)14-12(17)6-10(15)7-19-14/h2-4,6-7,13,20H,5,18H2,1H3. The summed E-state index contributed by atoms with van der Waals surface area (Å²) in [6.07, 6.45) is 2.13. The second kappa shape index (κ2) is 6.74. The van der Waals surface area contributed by atoms with Crippen LogP contribution in [0.5, 0.6) is 0 Å². The Bertz CT molecular complexity index is 617. The number of aryl methyl sites for hydroxylation is 1. The molecule has 1 unspecified atom stereocenters. The van der Waals surface area contributed by atoms with E-state index < -0.39 is 0 Å². The van der Waals surface area contributed by atoms with E-state index >= 15 is 0 Å². The number of nitrogens with two attached hydrogens (primary N) is 1. The SMILES string of the molecule is Cc1ccc(CC(NN)c2ncc(Cl)cc2Cl)c(Cl)c1. The maximum absolute atomic E-state index is 6.24. The van der Waals surface area contributed by atoms with Gasteiger partial charge in [-0.25, -0.2) is 0 Å². The van der Waals surface area contributed by atoms with Crippen LogP contribution in [0, 0.1) is 6.92 Å². The highest BCUT2D eigenvalue weighted by molar-refractivity contribution is 6.34. The third kappa shape index (κ3) is 3.62. The highest BCUT2D eigenvalue weighted by Crippen LogP contribution is 2.28. The topological polar surface area (TPSA) is 50.9 Å². The van der Waals surface area contributed by atoms with E-state index in [1.165, 1.54) is 0 Å². The number of aromatic nitrogens is 1. The predicted molar refractivity (Wildman–Crippen MR) is 84.2 cm³/mol. The molecule has 0 saturated heterocycles. The maximum atomic E-state index is 6.24. The molecule has 0 fully saturated rings. The van der Waals surface area contributed by atoms with E-state index in [1.54, 1.807) is 12.3 Å². The first-order valence-corrected chi connectivity index (χ1v) is 7.16. The molecule has 3 nitrogen and oxygen atoms in total. The highest BCUT2D eigenvalue weighted by Gasteiger charge is 2.17. The summed E-state index contributed by atoms with van der Waals surface area (Å²) in [5, 5.41) is 1.67. The number of hydrogen-bond acceptors (Lipinski definition) is 3. The van der Waals surface area contributed by atoms with Gasteiger partial charge >= 0.3 is 0 Å². The second-order valence-electron chi connectivity index (χ2n) is 4.54. The van der Waals surface area contributed by atoms with Crippen LogP contribution in [-0.2, 0) is 6.42 Å². The highest BCUT2D eigenvalue weighted by atomic mass is 35.5. The third-order valence-corrected chi connectivity index (χ3v) is 3.86. The number of halogens is 3. The van der Waals surface area contributed by atoms with Gasteiger partial charge in [-0.05, 0) is 36.6 Å². The van der Waals surface area contributed by atoms with E-state index in [-0.39, 0.29) is 6.04 Å². The number of benzene rings is 1. The number of pyridine rings is 1. The number of hydrazine groups is 1. The van der Waals surface area contributed by atoms with Gasteiger partial charge in [-0.15, -0.1) is 0 Å². The van der Waals surface area contributed by atoms with Crippen LogP contribution >= 0.6 is 34.8 Å². The smallest absolute Gasteiger partial charge is 0.0777 e. The lowest BCUT2D eigenvalue weighted by Crippen LogP contribution is -2.30. The van der Waals surface area contributed by atoms with E-state index in [9.17, 15) is 0 Å². The quantitative estimate of drug-likeness (QED) is 0.655. The van der Waals surface area contributed by atoms with Crippen molar-refractivity contribution in [1.82, 2.24) is 10.4 Å². The van der Waals surface area contributed by atoms with Crippen molar-refractivity contribution in [2.75, 3.05) is 0 Å². The average Bonchev–Trinajstić information content (AvgIpc) is 2.39. The summed E-state index contributed by atoms with van der Waals surface area (Å²) >= 11 is 18.2. The Morgan fingerprint density at radius 1 is 1.20 bits per heavy atom. The molecule has 106 valence electrons. The molecule has 1 aromatic carbocycles. The Morgan fingerprint density at radius 2 is 1.95 bits per heavy atom. The Balaban J connectivity index is 2.28. The van der Waals surface area contributed by atoms with Gasteiger partial charge in [-0.2, -0.15) is 0 Å². The van der Waals surface area contributed by atoms with Crippen LogP contribution in [-0.4, -0.2) is 4.98 Å². The van der Waals surface area contributed by atoms with E-state index in [0.29, 0.717) is 27.2 Å². The second-order valence-corrected chi connectivity index (χ2v) is 5.79. The summed E-state index contributed by atoms with van der Waals surface area (Å²) in [6.45, 7) is 1.99. The molecular formula is C14H14Cl3N3. The molecule has 2 rings (SSSR count). The molecule has 0 radical (unpaired) electrons. The van der Waals surface area contributed by atoms with Crippen molar-refractivity contribution in [2.24, 2.45) is 5.84 Å². The van der Waals surface area contributed by atoms with Gasteiger partial charge in [0.15, 0.2) is 0 Å². The monoisotopic (exact) mass is 329 g/mol. The van der Waals surface area contributed by atoms with E-state index in [0.717, 1.165) is 11.1 Å². The lowest BCUT2D eigenvalue weighted by atomic mass is 10.0. The summed E-state index contributed by atoms with van der Waals surface area (Å²) in [5.41, 5.74) is 5.46. The maximum Gasteiger partial charge on any atom is 0.0777 e. The van der Waals surface area contributed by atoms with Crippen LogP contribution in [0.4, 0.5) is 0 Å². The van der Waals surface area contributed by atoms with E-state index in [4.69, 9.17) is 40.6 Å². The summed E-state index contributed by atoms with van der Waals surface area (Å²) in [4.78, 5) is 4.24. The van der Waals surface area contributed by atoms with Crippen LogP contribution in [0.1, 0.15) is 22.9 Å². The normalized spacial score (nSPS) is 12.4. The van der Waals surface area contributed by atoms with Gasteiger partial charge < -0.3 is 0 Å². The zero-order valence-corrected chi connectivity index (χ0v) is 13.1. The first-order chi connectivity index (χ1) is 9.51. The Morgan fingerprint density at radius 3 is 2.55 bits per heavy atom. The molecule has 20 heavy (non-hydrogen) atoms. The van der Waals surface area contributed by atoms with Crippen LogP contribution in [0.3, 0.4) is 0 Å². The van der Waals surface area contributed by atoms with Gasteiger partial charge in [0.25, 0.3) is 0 Å². The molecule has 0 aliphatic carbocycles. The lowest BCUT2D eigenvalue weighted by molar-refractivity contribution is 0.538. The summed E-state index contributed by atoms with van der Waals surface area (Å²) < 4.78 is 0. The predicted octanol–water partition coefficient (Wildman–Crippen LogP) is 4.10. The number of hydrogen-bond donors (Lipinski definition) is 2. The molecule has 2 aromatic rings. The minimum atomic E-state index is -0.236. The molecule has 1 heterocycles. The third-order valence-electron chi connectivity index (χ3n) is 3.00. The van der Waals surface area contributed by atoms with Crippen LogP contribution in [0.2, 0.25) is 15.1 Å². The molecule has 1 atom stereocenters. The van der Waals surface area contributed by atoms with Crippen molar-refractivity contribution in [1.29, 1.82) is 0 Å². The zero-order chi connectivity index (χ0) is 14.7. The fourth-order valence-corrected chi connectivity index (χ4v) is 2.78. The van der Waals surface area contributed by atoms with Crippen molar-refractivity contribution in [3.05, 3.63) is 62.4 Å². The minimum absolute atomic E-state index is 0.236. The van der Waals surface area contributed by atoms with Gasteiger partial charge in [-0.1, -0.05) is 46.9 Å². The van der Waals surface area contributed by atoms with Gasteiger partial charge in [0.1, 0.15) is 0 Å². The van der Waals surface area contributed by atoms with Crippen molar-refractivity contribution < 1.29 is 0 Å². The summed E-state index contributed by atoms with van der Waals surface area (Å²) in [7, 11) is 0. The molecule has 0 spiro atoms. The summed E-state index contributed by atoms with van der Waals surface area (Å²) in [5.74, 6) is 5.61. The fourth-order valence-electron chi connectivity index (χ4n) is 1.95. The fraction of sp³-hybridized carbons (Fsp3) is 0.214. The number of nitrogens with one attached hydrogen (secondary N) is 1. The van der Waals surface area contributed by atoms with Gasteiger partial charge in [0, 0.05) is 11.2 Å². The first-order valence-electron chi connectivity index (χ1n) is 6.03.